The Bertz CT molecular complexity index is 765. The molecule has 0 radical (unpaired) electrons. The first-order valence-electron chi connectivity index (χ1n) is 9.42. The van der Waals surface area contributed by atoms with Crippen molar-refractivity contribution in [3.63, 3.8) is 0 Å². The number of rotatable bonds is 11. The predicted octanol–water partition coefficient (Wildman–Crippen LogP) is 2.25. The van der Waals surface area contributed by atoms with Crippen LogP contribution in [0.5, 0.6) is 11.5 Å². The Morgan fingerprint density at radius 3 is 2.31 bits per heavy atom. The molecule has 0 spiro atoms. The second kappa shape index (κ2) is 11.7. The highest BCUT2D eigenvalue weighted by Crippen LogP contribution is 2.16. The van der Waals surface area contributed by atoms with Crippen molar-refractivity contribution in [1.29, 1.82) is 0 Å². The molecule has 0 saturated heterocycles. The average Bonchev–Trinajstić information content (AvgIpc) is 2.76. The van der Waals surface area contributed by atoms with E-state index in [2.05, 4.69) is 5.32 Å². The zero-order valence-corrected chi connectivity index (χ0v) is 17.1. The summed E-state index contributed by atoms with van der Waals surface area (Å²) >= 11 is 0. The van der Waals surface area contributed by atoms with Crippen molar-refractivity contribution in [2.45, 2.75) is 19.5 Å². The number of carbonyl (C=O) groups excluding carboxylic acids is 2. The number of carbonyl (C=O) groups is 2. The number of amides is 2. The maximum Gasteiger partial charge on any atom is 0.261 e. The lowest BCUT2D eigenvalue weighted by Crippen LogP contribution is -2.49. The Balaban J connectivity index is 2.09. The minimum absolute atomic E-state index is 0.157. The van der Waals surface area contributed by atoms with Crippen LogP contribution in [-0.4, -0.2) is 56.7 Å². The van der Waals surface area contributed by atoms with Gasteiger partial charge in [0.1, 0.15) is 17.5 Å². The summed E-state index contributed by atoms with van der Waals surface area (Å²) in [5, 5.41) is 2.78. The van der Waals surface area contributed by atoms with E-state index in [1.165, 1.54) is 4.90 Å². The van der Waals surface area contributed by atoms with Crippen LogP contribution in [0.4, 0.5) is 0 Å². The van der Waals surface area contributed by atoms with Gasteiger partial charge in [0, 0.05) is 20.2 Å². The molecule has 0 aliphatic carbocycles. The standard InChI is InChI=1S/C22H28N2O5/c1-17(22(26)23-13-14-27-2)24(15-18-9-11-19(28-3)12-10-18)21(25)16-29-20-7-5-4-6-8-20/h4-12,17H,13-16H2,1-3H3,(H,23,26)/t17-/m0/s1. The Hall–Kier alpha value is -3.06. The monoisotopic (exact) mass is 400 g/mol. The summed E-state index contributed by atoms with van der Waals surface area (Å²) in [4.78, 5) is 26.9. The molecule has 0 bridgehead atoms. The number of hydrogen-bond acceptors (Lipinski definition) is 5. The van der Waals surface area contributed by atoms with Crippen LogP contribution in [-0.2, 0) is 20.9 Å². The van der Waals surface area contributed by atoms with Gasteiger partial charge >= 0.3 is 0 Å². The summed E-state index contributed by atoms with van der Waals surface area (Å²) in [6, 6.07) is 15.8. The molecule has 0 fully saturated rings. The van der Waals surface area contributed by atoms with Crippen LogP contribution in [0, 0.1) is 0 Å². The van der Waals surface area contributed by atoms with E-state index in [4.69, 9.17) is 14.2 Å². The van der Waals surface area contributed by atoms with E-state index in [-0.39, 0.29) is 25.0 Å². The van der Waals surface area contributed by atoms with E-state index in [0.29, 0.717) is 18.9 Å². The molecule has 1 atom stereocenters. The summed E-state index contributed by atoms with van der Waals surface area (Å²) in [7, 11) is 3.16. The number of nitrogens with one attached hydrogen (secondary N) is 1. The van der Waals surface area contributed by atoms with Gasteiger partial charge in [-0.05, 0) is 36.8 Å². The highest BCUT2D eigenvalue weighted by molar-refractivity contribution is 5.87. The number of para-hydroxylation sites is 1. The van der Waals surface area contributed by atoms with Gasteiger partial charge < -0.3 is 24.4 Å². The summed E-state index contributed by atoms with van der Waals surface area (Å²) in [5.74, 6) is 0.800. The van der Waals surface area contributed by atoms with E-state index >= 15 is 0 Å². The topological polar surface area (TPSA) is 77.1 Å². The second-order valence-electron chi connectivity index (χ2n) is 6.43. The Kier molecular flexibility index (Phi) is 8.98. The summed E-state index contributed by atoms with van der Waals surface area (Å²) in [5.41, 5.74) is 0.885. The van der Waals surface area contributed by atoms with Crippen LogP contribution in [0.2, 0.25) is 0 Å². The number of ether oxygens (including phenoxy) is 3. The molecular formula is C22H28N2O5. The van der Waals surface area contributed by atoms with Crippen LogP contribution in [0.25, 0.3) is 0 Å². The van der Waals surface area contributed by atoms with Gasteiger partial charge in [-0.3, -0.25) is 9.59 Å². The summed E-state index contributed by atoms with van der Waals surface area (Å²) < 4.78 is 15.7. The van der Waals surface area contributed by atoms with Gasteiger partial charge in [0.15, 0.2) is 6.61 Å². The fourth-order valence-corrected chi connectivity index (χ4v) is 2.68. The van der Waals surface area contributed by atoms with Crippen molar-refractivity contribution in [2.24, 2.45) is 0 Å². The molecule has 1 N–H and O–H groups in total. The lowest BCUT2D eigenvalue weighted by Gasteiger charge is -2.28. The Morgan fingerprint density at radius 1 is 1.00 bits per heavy atom. The predicted molar refractivity (Wildman–Crippen MR) is 110 cm³/mol. The van der Waals surface area contributed by atoms with Crippen LogP contribution >= 0.6 is 0 Å². The number of methoxy groups -OCH3 is 2. The smallest absolute Gasteiger partial charge is 0.261 e. The third-order valence-electron chi connectivity index (χ3n) is 4.39. The molecule has 0 unspecified atom stereocenters. The molecule has 29 heavy (non-hydrogen) atoms. The lowest BCUT2D eigenvalue weighted by molar-refractivity contribution is -0.142. The van der Waals surface area contributed by atoms with Crippen molar-refractivity contribution < 1.29 is 23.8 Å². The summed E-state index contributed by atoms with van der Waals surface area (Å²) in [6.07, 6.45) is 0. The zero-order valence-electron chi connectivity index (χ0n) is 17.1. The molecule has 7 nitrogen and oxygen atoms in total. The average molecular weight is 400 g/mol. The second-order valence-corrected chi connectivity index (χ2v) is 6.43. The van der Waals surface area contributed by atoms with E-state index in [0.717, 1.165) is 11.3 Å². The van der Waals surface area contributed by atoms with E-state index in [1.807, 2.05) is 42.5 Å². The first-order chi connectivity index (χ1) is 14.0. The molecule has 0 aromatic heterocycles. The van der Waals surface area contributed by atoms with Gasteiger partial charge in [-0.1, -0.05) is 30.3 Å². The molecule has 0 saturated carbocycles. The van der Waals surface area contributed by atoms with E-state index in [9.17, 15) is 9.59 Å². The highest BCUT2D eigenvalue weighted by atomic mass is 16.5. The molecule has 2 aromatic carbocycles. The summed E-state index contributed by atoms with van der Waals surface area (Å²) in [6.45, 7) is 2.61. The SMILES string of the molecule is COCCNC(=O)[C@H](C)N(Cc1ccc(OC)cc1)C(=O)COc1ccccc1. The molecule has 2 rings (SSSR count). The van der Waals surface area contributed by atoms with Crippen LogP contribution in [0.1, 0.15) is 12.5 Å². The van der Waals surface area contributed by atoms with Gasteiger partial charge in [-0.2, -0.15) is 0 Å². The third-order valence-corrected chi connectivity index (χ3v) is 4.39. The van der Waals surface area contributed by atoms with Crippen molar-refractivity contribution in [3.05, 3.63) is 60.2 Å². The van der Waals surface area contributed by atoms with Crippen molar-refractivity contribution in [2.75, 3.05) is 34.0 Å². The Labute approximate surface area is 171 Å². The minimum Gasteiger partial charge on any atom is -0.497 e. The number of nitrogens with zero attached hydrogens (tertiary/aromatic N) is 1. The van der Waals surface area contributed by atoms with Crippen LogP contribution in [0.15, 0.2) is 54.6 Å². The van der Waals surface area contributed by atoms with Crippen molar-refractivity contribution in [3.8, 4) is 11.5 Å². The first-order valence-corrected chi connectivity index (χ1v) is 9.42. The van der Waals surface area contributed by atoms with Gasteiger partial charge in [-0.25, -0.2) is 0 Å². The van der Waals surface area contributed by atoms with Gasteiger partial charge in [0.05, 0.1) is 13.7 Å². The number of benzene rings is 2. The maximum atomic E-state index is 12.9. The normalized spacial score (nSPS) is 11.4. The first kappa shape index (κ1) is 22.2. The van der Waals surface area contributed by atoms with E-state index < -0.39 is 6.04 Å². The lowest BCUT2D eigenvalue weighted by atomic mass is 10.1. The van der Waals surface area contributed by atoms with Gasteiger partial charge in [-0.15, -0.1) is 0 Å². The van der Waals surface area contributed by atoms with Crippen LogP contribution < -0.4 is 14.8 Å². The highest BCUT2D eigenvalue weighted by Gasteiger charge is 2.26. The fourth-order valence-electron chi connectivity index (χ4n) is 2.68. The molecule has 2 amide bonds. The molecule has 0 aliphatic rings. The maximum absolute atomic E-state index is 12.9. The Morgan fingerprint density at radius 2 is 1.69 bits per heavy atom. The fraction of sp³-hybridized carbons (Fsp3) is 0.364. The van der Waals surface area contributed by atoms with Gasteiger partial charge in [0.2, 0.25) is 5.91 Å². The molecular weight excluding hydrogens is 372 g/mol. The van der Waals surface area contributed by atoms with Gasteiger partial charge in [0.25, 0.3) is 5.91 Å². The molecule has 0 heterocycles. The minimum atomic E-state index is -0.666. The third kappa shape index (κ3) is 7.12. The molecule has 0 aliphatic heterocycles. The molecule has 2 aromatic rings. The quantitative estimate of drug-likeness (QED) is 0.586. The van der Waals surface area contributed by atoms with Crippen molar-refractivity contribution >= 4 is 11.8 Å². The molecule has 156 valence electrons. The largest absolute Gasteiger partial charge is 0.497 e. The number of hydrogen-bond donors (Lipinski definition) is 1. The van der Waals surface area contributed by atoms with Crippen LogP contribution in [0.3, 0.4) is 0 Å². The zero-order chi connectivity index (χ0) is 21.1. The molecule has 7 heteroatoms. The van der Waals surface area contributed by atoms with E-state index in [1.54, 1.807) is 33.3 Å². The van der Waals surface area contributed by atoms with Crippen molar-refractivity contribution in [1.82, 2.24) is 10.2 Å².